The summed E-state index contributed by atoms with van der Waals surface area (Å²) in [4.78, 5) is 20.0. The summed E-state index contributed by atoms with van der Waals surface area (Å²) in [5.41, 5.74) is 3.31. The minimum atomic E-state index is -0.368. The van der Waals surface area contributed by atoms with Gasteiger partial charge in [-0.25, -0.2) is 9.97 Å². The van der Waals surface area contributed by atoms with Gasteiger partial charge in [0, 0.05) is 29.2 Å². The van der Waals surface area contributed by atoms with Gasteiger partial charge < -0.3 is 9.30 Å². The molecule has 0 saturated carbocycles. The number of hydrogen-bond donors (Lipinski definition) is 0. The zero-order chi connectivity index (χ0) is 18.1. The fourth-order valence-corrected chi connectivity index (χ4v) is 3.04. The van der Waals surface area contributed by atoms with Crippen LogP contribution in [0, 0.1) is 0 Å². The molecule has 130 valence electrons. The molecule has 3 aromatic heterocycles. The van der Waals surface area contributed by atoms with Crippen molar-refractivity contribution in [2.75, 3.05) is 7.11 Å². The summed E-state index contributed by atoms with van der Waals surface area (Å²) in [6.07, 6.45) is 6.83. The van der Waals surface area contributed by atoms with Crippen LogP contribution in [0.25, 0.3) is 27.8 Å². The van der Waals surface area contributed by atoms with E-state index >= 15 is 0 Å². The van der Waals surface area contributed by atoms with Crippen molar-refractivity contribution in [3.8, 4) is 16.8 Å². The third-order valence-corrected chi connectivity index (χ3v) is 4.32. The van der Waals surface area contributed by atoms with Gasteiger partial charge in [0.2, 0.25) is 0 Å². The Morgan fingerprint density at radius 2 is 2.00 bits per heavy atom. The number of aromatic nitrogens is 5. The van der Waals surface area contributed by atoms with Crippen LogP contribution in [0.1, 0.15) is 0 Å². The van der Waals surface area contributed by atoms with Gasteiger partial charge in [0.25, 0.3) is 0 Å². The quantitative estimate of drug-likeness (QED) is 0.409. The molecule has 0 saturated heterocycles. The van der Waals surface area contributed by atoms with Crippen molar-refractivity contribution in [1.29, 1.82) is 0 Å². The van der Waals surface area contributed by atoms with Gasteiger partial charge in [-0.1, -0.05) is 29.8 Å². The van der Waals surface area contributed by atoms with Gasteiger partial charge in [0.05, 0.1) is 18.7 Å². The highest BCUT2D eigenvalue weighted by Crippen LogP contribution is 2.34. The fraction of sp³-hybridized carbons (Fsp3) is 0.111. The van der Waals surface area contributed by atoms with Crippen LogP contribution in [0.5, 0.6) is 0 Å². The first-order valence-electron chi connectivity index (χ1n) is 7.84. The Hall–Kier alpha value is -3.19. The van der Waals surface area contributed by atoms with Crippen LogP contribution < -0.4 is 0 Å². The molecule has 0 radical (unpaired) electrons. The molecule has 8 heteroatoms. The fourth-order valence-electron chi connectivity index (χ4n) is 2.81. The van der Waals surface area contributed by atoms with E-state index in [2.05, 4.69) is 19.8 Å². The Morgan fingerprint density at radius 1 is 1.19 bits per heavy atom. The molecule has 7 nitrogen and oxygen atoms in total. The Morgan fingerprint density at radius 3 is 2.77 bits per heavy atom. The molecule has 0 aliphatic heterocycles. The standard InChI is InChI=1S/C18H14ClN5O2/c1-26-15(25)10-23-8-12(7-22-23)14-9-24(13-5-3-2-4-6-13)18-16(14)17(19)20-11-21-18/h2-9,11H,10H2,1H3. The van der Waals surface area contributed by atoms with E-state index < -0.39 is 0 Å². The van der Waals surface area contributed by atoms with Gasteiger partial charge in [-0.3, -0.25) is 9.48 Å². The summed E-state index contributed by atoms with van der Waals surface area (Å²) >= 11 is 6.36. The number of carbonyl (C=O) groups excluding carboxylic acids is 1. The van der Waals surface area contributed by atoms with E-state index in [0.717, 1.165) is 22.2 Å². The highest BCUT2D eigenvalue weighted by Gasteiger charge is 2.17. The number of carbonyl (C=O) groups is 1. The number of rotatable bonds is 4. The molecule has 1 aromatic carbocycles. The number of ether oxygens (including phenoxy) is 1. The molecule has 0 N–H and O–H groups in total. The number of para-hydroxylation sites is 1. The van der Waals surface area contributed by atoms with Gasteiger partial charge in [-0.05, 0) is 12.1 Å². The van der Waals surface area contributed by atoms with E-state index in [0.29, 0.717) is 10.8 Å². The largest absolute Gasteiger partial charge is 0.468 e. The van der Waals surface area contributed by atoms with Crippen LogP contribution in [0.3, 0.4) is 0 Å². The van der Waals surface area contributed by atoms with Crippen molar-refractivity contribution >= 4 is 28.6 Å². The van der Waals surface area contributed by atoms with Crippen molar-refractivity contribution in [3.63, 3.8) is 0 Å². The van der Waals surface area contributed by atoms with Gasteiger partial charge in [-0.2, -0.15) is 5.10 Å². The molecular formula is C18H14ClN5O2. The molecule has 0 unspecified atom stereocenters. The number of esters is 1. The second-order valence-electron chi connectivity index (χ2n) is 5.61. The number of nitrogens with zero attached hydrogens (tertiary/aromatic N) is 5. The normalized spacial score (nSPS) is 11.0. The number of hydrogen-bond acceptors (Lipinski definition) is 5. The molecular weight excluding hydrogens is 354 g/mol. The minimum Gasteiger partial charge on any atom is -0.468 e. The maximum Gasteiger partial charge on any atom is 0.327 e. The van der Waals surface area contributed by atoms with Crippen molar-refractivity contribution in [1.82, 2.24) is 24.3 Å². The topological polar surface area (TPSA) is 74.8 Å². The summed E-state index contributed by atoms with van der Waals surface area (Å²) < 4.78 is 8.15. The number of benzene rings is 1. The lowest BCUT2D eigenvalue weighted by atomic mass is 10.1. The van der Waals surface area contributed by atoms with Crippen LogP contribution in [0.2, 0.25) is 5.15 Å². The molecule has 4 rings (SSSR count). The summed E-state index contributed by atoms with van der Waals surface area (Å²) in [5.74, 6) is -0.368. The second kappa shape index (κ2) is 6.61. The van der Waals surface area contributed by atoms with Crippen molar-refractivity contribution in [2.45, 2.75) is 6.54 Å². The van der Waals surface area contributed by atoms with E-state index in [1.165, 1.54) is 18.1 Å². The number of methoxy groups -OCH3 is 1. The lowest BCUT2D eigenvalue weighted by molar-refractivity contribution is -0.141. The maximum atomic E-state index is 11.5. The SMILES string of the molecule is COC(=O)Cn1cc(-c2cn(-c3ccccc3)c3ncnc(Cl)c23)cn1. The van der Waals surface area contributed by atoms with E-state index in [9.17, 15) is 4.79 Å². The van der Waals surface area contributed by atoms with Crippen molar-refractivity contribution in [3.05, 3.63) is 60.4 Å². The highest BCUT2D eigenvalue weighted by atomic mass is 35.5. The predicted molar refractivity (Wildman–Crippen MR) is 97.1 cm³/mol. The van der Waals surface area contributed by atoms with E-state index in [-0.39, 0.29) is 12.5 Å². The molecule has 4 aromatic rings. The number of halogens is 1. The number of fused-ring (bicyclic) bond motifs is 1. The predicted octanol–water partition coefficient (Wildman–Crippen LogP) is 3.11. The Labute approximate surface area is 153 Å². The van der Waals surface area contributed by atoms with Crippen molar-refractivity contribution in [2.24, 2.45) is 0 Å². The lowest BCUT2D eigenvalue weighted by Gasteiger charge is -2.03. The molecule has 3 heterocycles. The summed E-state index contributed by atoms with van der Waals surface area (Å²) in [6, 6.07) is 9.84. The Balaban J connectivity index is 1.87. The first-order chi connectivity index (χ1) is 12.7. The monoisotopic (exact) mass is 367 g/mol. The first kappa shape index (κ1) is 16.3. The summed E-state index contributed by atoms with van der Waals surface area (Å²) in [6.45, 7) is 0.0397. The van der Waals surface area contributed by atoms with Crippen LogP contribution in [-0.4, -0.2) is 37.4 Å². The van der Waals surface area contributed by atoms with E-state index in [1.54, 1.807) is 12.4 Å². The van der Waals surface area contributed by atoms with Crippen LogP contribution in [0.15, 0.2) is 55.2 Å². The molecule has 0 atom stereocenters. The van der Waals surface area contributed by atoms with Gasteiger partial charge in [-0.15, -0.1) is 0 Å². The van der Waals surface area contributed by atoms with Gasteiger partial charge in [0.15, 0.2) is 0 Å². The molecule has 0 aliphatic rings. The zero-order valence-electron chi connectivity index (χ0n) is 13.8. The third kappa shape index (κ3) is 2.82. The Bertz CT molecular complexity index is 1090. The third-order valence-electron chi connectivity index (χ3n) is 4.03. The van der Waals surface area contributed by atoms with Crippen LogP contribution >= 0.6 is 11.6 Å². The first-order valence-corrected chi connectivity index (χ1v) is 8.22. The average molecular weight is 368 g/mol. The molecule has 0 spiro atoms. The zero-order valence-corrected chi connectivity index (χ0v) is 14.6. The lowest BCUT2D eigenvalue weighted by Crippen LogP contribution is -2.11. The molecule has 0 aliphatic carbocycles. The summed E-state index contributed by atoms with van der Waals surface area (Å²) in [5, 5.41) is 5.32. The molecule has 0 bridgehead atoms. The molecule has 0 amide bonds. The highest BCUT2D eigenvalue weighted by molar-refractivity contribution is 6.35. The smallest absolute Gasteiger partial charge is 0.327 e. The van der Waals surface area contributed by atoms with Crippen LogP contribution in [-0.2, 0) is 16.1 Å². The van der Waals surface area contributed by atoms with Crippen molar-refractivity contribution < 1.29 is 9.53 Å². The van der Waals surface area contributed by atoms with Gasteiger partial charge in [0.1, 0.15) is 23.7 Å². The van der Waals surface area contributed by atoms with Gasteiger partial charge >= 0.3 is 5.97 Å². The van der Waals surface area contributed by atoms with Crippen LogP contribution in [0.4, 0.5) is 0 Å². The maximum absolute atomic E-state index is 11.5. The van der Waals surface area contributed by atoms with E-state index in [1.807, 2.05) is 41.1 Å². The molecule has 0 fully saturated rings. The van der Waals surface area contributed by atoms with E-state index in [4.69, 9.17) is 11.6 Å². The summed E-state index contributed by atoms with van der Waals surface area (Å²) in [7, 11) is 1.34. The second-order valence-corrected chi connectivity index (χ2v) is 5.97. The minimum absolute atomic E-state index is 0.0397. The molecule has 26 heavy (non-hydrogen) atoms. The Kier molecular flexibility index (Phi) is 4.14. The average Bonchev–Trinajstić information content (AvgIpc) is 3.27.